The van der Waals surface area contributed by atoms with Crippen molar-refractivity contribution in [2.45, 2.75) is 31.3 Å². The molecule has 2 rings (SSSR count). The molecule has 0 atom stereocenters. The average molecular weight is 259 g/mol. The zero-order chi connectivity index (χ0) is 10.2. The van der Waals surface area contributed by atoms with Crippen molar-refractivity contribution in [1.29, 1.82) is 0 Å². The summed E-state index contributed by atoms with van der Waals surface area (Å²) in [6.45, 7) is 0. The third kappa shape index (κ3) is 2.34. The molecule has 1 N–H and O–H groups in total. The first-order chi connectivity index (χ1) is 6.59. The van der Waals surface area contributed by atoms with Gasteiger partial charge in [0.2, 0.25) is 0 Å². The Kier molecular flexibility index (Phi) is 2.62. The summed E-state index contributed by atoms with van der Waals surface area (Å²) < 4.78 is 13.6. The van der Waals surface area contributed by atoms with Crippen molar-refractivity contribution < 1.29 is 9.50 Å². The summed E-state index contributed by atoms with van der Waals surface area (Å²) in [5.41, 5.74) is 0.509. The number of hydrogen-bond acceptors (Lipinski definition) is 1. The lowest BCUT2D eigenvalue weighted by atomic mass is 10.1. The summed E-state index contributed by atoms with van der Waals surface area (Å²) >= 11 is 3.11. The van der Waals surface area contributed by atoms with Crippen LogP contribution in [-0.2, 0) is 6.42 Å². The van der Waals surface area contributed by atoms with E-state index in [1.54, 1.807) is 6.07 Å². The van der Waals surface area contributed by atoms with Crippen LogP contribution in [0.5, 0.6) is 0 Å². The van der Waals surface area contributed by atoms with E-state index in [9.17, 15) is 9.50 Å². The van der Waals surface area contributed by atoms with Crippen molar-refractivity contribution in [2.24, 2.45) is 0 Å². The second-order valence-electron chi connectivity index (χ2n) is 3.97. The average Bonchev–Trinajstić information content (AvgIpc) is 2.87. The quantitative estimate of drug-likeness (QED) is 0.884. The van der Waals surface area contributed by atoms with Crippen molar-refractivity contribution in [2.75, 3.05) is 0 Å². The molecule has 0 radical (unpaired) electrons. The van der Waals surface area contributed by atoms with Gasteiger partial charge in [0.05, 0.1) is 10.1 Å². The SMILES string of the molecule is OC1(CCc2ccc(Br)c(F)c2)CC1. The summed E-state index contributed by atoms with van der Waals surface area (Å²) in [7, 11) is 0. The van der Waals surface area contributed by atoms with E-state index in [0.717, 1.165) is 31.2 Å². The first-order valence-electron chi connectivity index (χ1n) is 4.75. The van der Waals surface area contributed by atoms with Crippen LogP contribution in [0.15, 0.2) is 22.7 Å². The zero-order valence-corrected chi connectivity index (χ0v) is 9.35. The van der Waals surface area contributed by atoms with Crippen molar-refractivity contribution in [3.05, 3.63) is 34.1 Å². The number of halogens is 2. The Morgan fingerprint density at radius 3 is 2.71 bits per heavy atom. The molecule has 1 aliphatic rings. The van der Waals surface area contributed by atoms with E-state index in [4.69, 9.17) is 0 Å². The van der Waals surface area contributed by atoms with Gasteiger partial charge in [0.25, 0.3) is 0 Å². The molecule has 0 aromatic heterocycles. The fourth-order valence-electron chi connectivity index (χ4n) is 1.47. The Hall–Kier alpha value is -0.410. The summed E-state index contributed by atoms with van der Waals surface area (Å²) in [6.07, 6.45) is 3.28. The summed E-state index contributed by atoms with van der Waals surface area (Å²) in [5, 5.41) is 9.61. The fourth-order valence-corrected chi connectivity index (χ4v) is 1.71. The van der Waals surface area contributed by atoms with Gasteiger partial charge in [-0.2, -0.15) is 0 Å². The molecule has 0 bridgehead atoms. The predicted octanol–water partition coefficient (Wildman–Crippen LogP) is 3.05. The second kappa shape index (κ2) is 3.63. The van der Waals surface area contributed by atoms with Gasteiger partial charge in [0.15, 0.2) is 0 Å². The van der Waals surface area contributed by atoms with Crippen LogP contribution >= 0.6 is 15.9 Å². The van der Waals surface area contributed by atoms with Crippen LogP contribution < -0.4 is 0 Å². The van der Waals surface area contributed by atoms with Gasteiger partial charge in [-0.3, -0.25) is 0 Å². The predicted molar refractivity (Wildman–Crippen MR) is 56.6 cm³/mol. The number of benzene rings is 1. The summed E-state index contributed by atoms with van der Waals surface area (Å²) in [6, 6.07) is 5.12. The molecule has 0 saturated heterocycles. The highest BCUT2D eigenvalue weighted by Gasteiger charge is 2.39. The Bertz CT molecular complexity index is 347. The van der Waals surface area contributed by atoms with E-state index in [1.807, 2.05) is 6.07 Å². The van der Waals surface area contributed by atoms with Crippen LogP contribution in [0.2, 0.25) is 0 Å². The standard InChI is InChI=1S/C11H12BrFO/c12-9-2-1-8(7-10(9)13)3-4-11(14)5-6-11/h1-2,7,14H,3-6H2. The monoisotopic (exact) mass is 258 g/mol. The number of aryl methyl sites for hydroxylation is 1. The fraction of sp³-hybridized carbons (Fsp3) is 0.455. The first kappa shape index (κ1) is 10.1. The van der Waals surface area contributed by atoms with Gasteiger partial charge < -0.3 is 5.11 Å². The molecule has 76 valence electrons. The van der Waals surface area contributed by atoms with Crippen LogP contribution in [0.3, 0.4) is 0 Å². The molecule has 0 spiro atoms. The van der Waals surface area contributed by atoms with Crippen LogP contribution in [0.1, 0.15) is 24.8 Å². The van der Waals surface area contributed by atoms with Gasteiger partial charge in [-0.1, -0.05) is 6.07 Å². The van der Waals surface area contributed by atoms with Gasteiger partial charge in [-0.25, -0.2) is 4.39 Å². The Balaban J connectivity index is 1.99. The maximum absolute atomic E-state index is 13.1. The lowest BCUT2D eigenvalue weighted by Crippen LogP contribution is -2.07. The maximum atomic E-state index is 13.1. The van der Waals surface area contributed by atoms with Crippen molar-refractivity contribution in [1.82, 2.24) is 0 Å². The molecule has 1 saturated carbocycles. The molecular formula is C11H12BrFO. The molecule has 1 aromatic rings. The molecule has 0 aliphatic heterocycles. The summed E-state index contributed by atoms with van der Waals surface area (Å²) in [4.78, 5) is 0. The second-order valence-corrected chi connectivity index (χ2v) is 4.83. The van der Waals surface area contributed by atoms with E-state index < -0.39 is 5.60 Å². The van der Waals surface area contributed by atoms with Crippen LogP contribution in [-0.4, -0.2) is 10.7 Å². The maximum Gasteiger partial charge on any atom is 0.137 e. The number of rotatable bonds is 3. The van der Waals surface area contributed by atoms with Gasteiger partial charge in [0, 0.05) is 0 Å². The molecule has 1 aliphatic carbocycles. The smallest absolute Gasteiger partial charge is 0.137 e. The van der Waals surface area contributed by atoms with Gasteiger partial charge in [-0.15, -0.1) is 0 Å². The molecule has 1 nitrogen and oxygen atoms in total. The van der Waals surface area contributed by atoms with Crippen LogP contribution in [0.4, 0.5) is 4.39 Å². The molecule has 0 heterocycles. The van der Waals surface area contributed by atoms with E-state index >= 15 is 0 Å². The Labute approximate surface area is 91.1 Å². The molecular weight excluding hydrogens is 247 g/mol. The molecule has 0 unspecified atom stereocenters. The van der Waals surface area contributed by atoms with Crippen molar-refractivity contribution in [3.8, 4) is 0 Å². The Morgan fingerprint density at radius 2 is 2.14 bits per heavy atom. The van der Waals surface area contributed by atoms with E-state index in [2.05, 4.69) is 15.9 Å². The van der Waals surface area contributed by atoms with Gasteiger partial charge >= 0.3 is 0 Å². The highest BCUT2D eigenvalue weighted by molar-refractivity contribution is 9.10. The minimum Gasteiger partial charge on any atom is -0.390 e. The third-order valence-electron chi connectivity index (χ3n) is 2.69. The molecule has 1 aromatic carbocycles. The van der Waals surface area contributed by atoms with E-state index in [0.29, 0.717) is 4.47 Å². The minimum absolute atomic E-state index is 0.231. The summed E-state index contributed by atoms with van der Waals surface area (Å²) in [5.74, 6) is -0.231. The number of hydrogen-bond donors (Lipinski definition) is 1. The zero-order valence-electron chi connectivity index (χ0n) is 7.76. The molecule has 3 heteroatoms. The molecule has 0 amide bonds. The number of aliphatic hydroxyl groups is 1. The molecule has 14 heavy (non-hydrogen) atoms. The Morgan fingerprint density at radius 1 is 1.43 bits per heavy atom. The van der Waals surface area contributed by atoms with E-state index in [-0.39, 0.29) is 5.82 Å². The normalized spacial score (nSPS) is 18.2. The van der Waals surface area contributed by atoms with Gasteiger partial charge in [-0.05, 0) is 59.3 Å². The first-order valence-corrected chi connectivity index (χ1v) is 5.55. The lowest BCUT2D eigenvalue weighted by Gasteiger charge is -2.07. The lowest BCUT2D eigenvalue weighted by molar-refractivity contribution is 0.140. The third-order valence-corrected chi connectivity index (χ3v) is 3.33. The van der Waals surface area contributed by atoms with Gasteiger partial charge in [0.1, 0.15) is 5.82 Å². The molecule has 1 fully saturated rings. The van der Waals surface area contributed by atoms with E-state index in [1.165, 1.54) is 6.07 Å². The van der Waals surface area contributed by atoms with Crippen LogP contribution in [0.25, 0.3) is 0 Å². The van der Waals surface area contributed by atoms with Crippen molar-refractivity contribution >= 4 is 15.9 Å². The largest absolute Gasteiger partial charge is 0.390 e. The highest BCUT2D eigenvalue weighted by Crippen LogP contribution is 2.39. The van der Waals surface area contributed by atoms with Crippen LogP contribution in [0, 0.1) is 5.82 Å². The highest BCUT2D eigenvalue weighted by atomic mass is 79.9. The minimum atomic E-state index is -0.441. The topological polar surface area (TPSA) is 20.2 Å². The van der Waals surface area contributed by atoms with Crippen molar-refractivity contribution in [3.63, 3.8) is 0 Å².